The Balaban J connectivity index is 2.25. The quantitative estimate of drug-likeness (QED) is 0.674. The summed E-state index contributed by atoms with van der Waals surface area (Å²) in [6, 6.07) is 1.61. The van der Waals surface area contributed by atoms with Crippen molar-refractivity contribution >= 4 is 33.3 Å². The molecule has 2 rings (SSSR count). The molecule has 1 fully saturated rings. The van der Waals surface area contributed by atoms with Gasteiger partial charge in [0.15, 0.2) is 5.15 Å². The van der Waals surface area contributed by atoms with E-state index in [1.165, 1.54) is 7.11 Å². The number of pyridine rings is 1. The SMILES string of the molecule is COC(=O)C1CCCC1S(=O)(=O)Nc1cc(C)cnc1Cl. The highest BCUT2D eigenvalue weighted by atomic mass is 35.5. The zero-order valence-electron chi connectivity index (χ0n) is 11.8. The molecule has 0 aliphatic heterocycles. The Morgan fingerprint density at radius 3 is 2.86 bits per heavy atom. The molecule has 8 heteroatoms. The van der Waals surface area contributed by atoms with Gasteiger partial charge < -0.3 is 4.74 Å². The number of ether oxygens (including phenoxy) is 1. The fourth-order valence-corrected chi connectivity index (χ4v) is 4.55. The van der Waals surface area contributed by atoms with Crippen molar-refractivity contribution in [1.29, 1.82) is 0 Å². The molecule has 1 heterocycles. The van der Waals surface area contributed by atoms with Crippen LogP contribution in [0.2, 0.25) is 5.15 Å². The lowest BCUT2D eigenvalue weighted by atomic mass is 10.1. The number of nitrogens with one attached hydrogen (secondary N) is 1. The smallest absolute Gasteiger partial charge is 0.310 e. The van der Waals surface area contributed by atoms with Gasteiger partial charge in [0.25, 0.3) is 0 Å². The number of rotatable bonds is 4. The largest absolute Gasteiger partial charge is 0.469 e. The van der Waals surface area contributed by atoms with E-state index in [-0.39, 0.29) is 10.8 Å². The molecule has 0 saturated heterocycles. The van der Waals surface area contributed by atoms with E-state index in [9.17, 15) is 13.2 Å². The molecular weight excluding hydrogens is 316 g/mol. The van der Waals surface area contributed by atoms with E-state index in [1.807, 2.05) is 0 Å². The van der Waals surface area contributed by atoms with E-state index in [4.69, 9.17) is 11.6 Å². The molecular formula is C13H17ClN2O4S. The predicted molar refractivity (Wildman–Crippen MR) is 79.7 cm³/mol. The number of hydrogen-bond donors (Lipinski definition) is 1. The first-order valence-electron chi connectivity index (χ1n) is 6.56. The van der Waals surface area contributed by atoms with E-state index in [1.54, 1.807) is 19.2 Å². The van der Waals surface area contributed by atoms with Crippen LogP contribution in [0.1, 0.15) is 24.8 Å². The lowest BCUT2D eigenvalue weighted by molar-refractivity contribution is -0.145. The molecule has 0 bridgehead atoms. The molecule has 21 heavy (non-hydrogen) atoms. The van der Waals surface area contributed by atoms with Crippen LogP contribution in [0.15, 0.2) is 12.3 Å². The molecule has 0 aromatic carbocycles. The summed E-state index contributed by atoms with van der Waals surface area (Å²) in [5.41, 5.74) is 1.01. The zero-order chi connectivity index (χ0) is 15.6. The maximum absolute atomic E-state index is 12.5. The minimum Gasteiger partial charge on any atom is -0.469 e. The molecule has 2 atom stereocenters. The van der Waals surface area contributed by atoms with Crippen LogP contribution in [-0.4, -0.2) is 31.7 Å². The van der Waals surface area contributed by atoms with Crippen molar-refractivity contribution in [2.45, 2.75) is 31.4 Å². The summed E-state index contributed by atoms with van der Waals surface area (Å²) >= 11 is 5.91. The standard InChI is InChI=1S/C13H17ClN2O4S/c1-8-6-10(12(14)15-7-8)16-21(18,19)11-5-3-4-9(11)13(17)20-2/h6-7,9,11,16H,3-5H2,1-2H3. The summed E-state index contributed by atoms with van der Waals surface area (Å²) in [4.78, 5) is 15.6. The first kappa shape index (κ1) is 16.0. The summed E-state index contributed by atoms with van der Waals surface area (Å²) in [5.74, 6) is -1.12. The maximum atomic E-state index is 12.5. The fourth-order valence-electron chi connectivity index (χ4n) is 2.57. The third-order valence-electron chi connectivity index (χ3n) is 3.58. The van der Waals surface area contributed by atoms with Gasteiger partial charge in [-0.2, -0.15) is 0 Å². The first-order chi connectivity index (χ1) is 9.85. The number of methoxy groups -OCH3 is 1. The topological polar surface area (TPSA) is 85.4 Å². The van der Waals surface area contributed by atoms with Crippen LogP contribution >= 0.6 is 11.6 Å². The number of sulfonamides is 1. The predicted octanol–water partition coefficient (Wildman–Crippen LogP) is 2.13. The van der Waals surface area contributed by atoms with Gasteiger partial charge in [-0.1, -0.05) is 18.0 Å². The van der Waals surface area contributed by atoms with Crippen molar-refractivity contribution in [3.63, 3.8) is 0 Å². The number of hydrogen-bond acceptors (Lipinski definition) is 5. The molecule has 1 N–H and O–H groups in total. The number of halogens is 1. The van der Waals surface area contributed by atoms with Crippen molar-refractivity contribution < 1.29 is 17.9 Å². The van der Waals surface area contributed by atoms with Gasteiger partial charge in [-0.05, 0) is 31.4 Å². The minimum absolute atomic E-state index is 0.0804. The Labute approximate surface area is 128 Å². The number of aromatic nitrogens is 1. The summed E-state index contributed by atoms with van der Waals surface area (Å²) in [7, 11) is -2.47. The van der Waals surface area contributed by atoms with E-state index >= 15 is 0 Å². The van der Waals surface area contributed by atoms with Crippen molar-refractivity contribution in [2.75, 3.05) is 11.8 Å². The molecule has 0 radical (unpaired) electrons. The van der Waals surface area contributed by atoms with Gasteiger partial charge >= 0.3 is 5.97 Å². The number of esters is 1. The summed E-state index contributed by atoms with van der Waals surface area (Å²) in [6.07, 6.45) is 3.15. The second-order valence-electron chi connectivity index (χ2n) is 5.10. The first-order valence-corrected chi connectivity index (χ1v) is 8.49. The monoisotopic (exact) mass is 332 g/mol. The van der Waals surface area contributed by atoms with Gasteiger partial charge in [0.1, 0.15) is 0 Å². The average Bonchev–Trinajstić information content (AvgIpc) is 2.92. The van der Waals surface area contributed by atoms with Gasteiger partial charge in [0.05, 0.1) is 24.0 Å². The lowest BCUT2D eigenvalue weighted by Crippen LogP contribution is -2.35. The van der Waals surface area contributed by atoms with E-state index in [0.717, 1.165) is 5.56 Å². The molecule has 0 amide bonds. The van der Waals surface area contributed by atoms with Crippen LogP contribution in [0.3, 0.4) is 0 Å². The normalized spacial score (nSPS) is 22.0. The van der Waals surface area contributed by atoms with Crippen molar-refractivity contribution in [2.24, 2.45) is 5.92 Å². The molecule has 1 aliphatic rings. The summed E-state index contributed by atoms with van der Waals surface area (Å²) in [5, 5.41) is -0.724. The Bertz CT molecular complexity index is 648. The average molecular weight is 333 g/mol. The number of carbonyl (C=O) groups excluding carboxylic acids is 1. The molecule has 6 nitrogen and oxygen atoms in total. The Hall–Kier alpha value is -1.34. The van der Waals surface area contributed by atoms with E-state index < -0.39 is 27.2 Å². The number of carbonyl (C=O) groups is 1. The van der Waals surface area contributed by atoms with Crippen molar-refractivity contribution in [3.8, 4) is 0 Å². The maximum Gasteiger partial charge on any atom is 0.310 e. The van der Waals surface area contributed by atoms with Gasteiger partial charge in [0, 0.05) is 6.20 Å². The minimum atomic E-state index is -3.73. The van der Waals surface area contributed by atoms with Crippen LogP contribution in [0.5, 0.6) is 0 Å². The molecule has 2 unspecified atom stereocenters. The van der Waals surface area contributed by atoms with Crippen molar-refractivity contribution in [1.82, 2.24) is 4.98 Å². The molecule has 1 aromatic heterocycles. The Morgan fingerprint density at radius 2 is 2.19 bits per heavy atom. The van der Waals surface area contributed by atoms with Crippen molar-refractivity contribution in [3.05, 3.63) is 23.0 Å². The highest BCUT2D eigenvalue weighted by Crippen LogP contribution is 2.33. The summed E-state index contributed by atoms with van der Waals surface area (Å²) in [6.45, 7) is 1.79. The summed E-state index contributed by atoms with van der Waals surface area (Å²) < 4.78 is 32.1. The molecule has 116 valence electrons. The van der Waals surface area contributed by atoms with Gasteiger partial charge in [0.2, 0.25) is 10.0 Å². The van der Waals surface area contributed by atoms with Crippen LogP contribution in [0.25, 0.3) is 0 Å². The van der Waals surface area contributed by atoms with Crippen LogP contribution < -0.4 is 4.72 Å². The second-order valence-corrected chi connectivity index (χ2v) is 7.35. The second kappa shape index (κ2) is 6.19. The lowest BCUT2D eigenvalue weighted by Gasteiger charge is -2.19. The van der Waals surface area contributed by atoms with Gasteiger partial charge in [-0.3, -0.25) is 9.52 Å². The van der Waals surface area contributed by atoms with Crippen LogP contribution in [-0.2, 0) is 19.6 Å². The number of aryl methyl sites for hydroxylation is 1. The molecule has 1 aromatic rings. The molecule has 1 saturated carbocycles. The van der Waals surface area contributed by atoms with E-state index in [2.05, 4.69) is 14.4 Å². The highest BCUT2D eigenvalue weighted by molar-refractivity contribution is 7.93. The Kier molecular flexibility index (Phi) is 4.73. The third kappa shape index (κ3) is 3.47. The molecule has 1 aliphatic carbocycles. The van der Waals surface area contributed by atoms with Crippen LogP contribution in [0, 0.1) is 12.8 Å². The third-order valence-corrected chi connectivity index (χ3v) is 5.75. The van der Waals surface area contributed by atoms with Gasteiger partial charge in [-0.25, -0.2) is 13.4 Å². The van der Waals surface area contributed by atoms with Gasteiger partial charge in [-0.15, -0.1) is 0 Å². The van der Waals surface area contributed by atoms with E-state index in [0.29, 0.717) is 19.3 Å². The number of anilines is 1. The fraction of sp³-hybridized carbons (Fsp3) is 0.538. The zero-order valence-corrected chi connectivity index (χ0v) is 13.4. The highest BCUT2D eigenvalue weighted by Gasteiger charge is 2.42. The van der Waals surface area contributed by atoms with Crippen LogP contribution in [0.4, 0.5) is 5.69 Å². The Morgan fingerprint density at radius 1 is 1.48 bits per heavy atom. The number of nitrogens with zero attached hydrogens (tertiary/aromatic N) is 1. The molecule has 0 spiro atoms.